The highest BCUT2D eigenvalue weighted by Crippen LogP contribution is 2.00. The third-order valence-corrected chi connectivity index (χ3v) is 2.65. The van der Waals surface area contributed by atoms with Gasteiger partial charge in [0.25, 0.3) is 0 Å². The van der Waals surface area contributed by atoms with Crippen LogP contribution in [0.4, 0.5) is 0 Å². The molecule has 4 heteroatoms. The number of likely N-dealkylation sites (N-methyl/N-ethyl adjacent to an activating group) is 1. The van der Waals surface area contributed by atoms with Gasteiger partial charge in [-0.25, -0.2) is 4.79 Å². The van der Waals surface area contributed by atoms with Crippen LogP contribution in [0.15, 0.2) is 36.6 Å². The van der Waals surface area contributed by atoms with E-state index in [2.05, 4.69) is 30.5 Å². The maximum absolute atomic E-state index is 10.6. The van der Waals surface area contributed by atoms with Gasteiger partial charge in [-0.05, 0) is 38.8 Å². The lowest BCUT2D eigenvalue weighted by Gasteiger charge is -2.09. The number of ether oxygens (including phenoxy) is 1. The van der Waals surface area contributed by atoms with E-state index >= 15 is 0 Å². The summed E-state index contributed by atoms with van der Waals surface area (Å²) < 4.78 is 5.00. The molecule has 0 radical (unpaired) electrons. The second-order valence-electron chi connectivity index (χ2n) is 4.42. The third kappa shape index (κ3) is 11.5. The summed E-state index contributed by atoms with van der Waals surface area (Å²) in [5, 5.41) is 11.2. The number of rotatable bonds is 12. The predicted molar refractivity (Wildman–Crippen MR) is 82.4 cm³/mol. The molecule has 2 N–H and O–H groups in total. The molecule has 0 saturated carbocycles. The zero-order valence-electron chi connectivity index (χ0n) is 12.5. The molecule has 20 heavy (non-hydrogen) atoms. The van der Waals surface area contributed by atoms with E-state index in [-0.39, 0.29) is 0 Å². The molecule has 0 heterocycles. The summed E-state index contributed by atoms with van der Waals surface area (Å²) in [6, 6.07) is 0. The van der Waals surface area contributed by atoms with Gasteiger partial charge in [0.05, 0.1) is 6.26 Å². The number of hydrogen-bond donors (Lipinski definition) is 2. The minimum Gasteiger partial charge on any atom is -0.477 e. The molecule has 0 rings (SSSR count). The summed E-state index contributed by atoms with van der Waals surface area (Å²) in [7, 11) is 1.54. The summed E-state index contributed by atoms with van der Waals surface area (Å²) in [6.07, 6.45) is 17.4. The van der Waals surface area contributed by atoms with Crippen molar-refractivity contribution in [3.63, 3.8) is 0 Å². The summed E-state index contributed by atoms with van der Waals surface area (Å²) in [5.41, 5.74) is 0. The lowest BCUT2D eigenvalue weighted by atomic mass is 10.2. The number of carboxylic acid groups (broad SMARTS) is 1. The number of carboxylic acids is 1. The highest BCUT2D eigenvalue weighted by Gasteiger charge is 2.13. The normalized spacial score (nSPS) is 13.5. The fourth-order valence-corrected chi connectivity index (χ4v) is 1.52. The summed E-state index contributed by atoms with van der Waals surface area (Å²) in [6.45, 7) is 2.21. The van der Waals surface area contributed by atoms with Crippen LogP contribution in [-0.4, -0.2) is 24.4 Å². The van der Waals surface area contributed by atoms with Crippen LogP contribution in [0.5, 0.6) is 0 Å². The quantitative estimate of drug-likeness (QED) is 0.248. The van der Waals surface area contributed by atoms with E-state index in [0.29, 0.717) is 0 Å². The molecule has 1 unspecified atom stereocenters. The molecule has 0 saturated heterocycles. The first-order valence-corrected chi connectivity index (χ1v) is 7.22. The third-order valence-electron chi connectivity index (χ3n) is 2.65. The maximum atomic E-state index is 10.6. The Morgan fingerprint density at radius 3 is 2.40 bits per heavy atom. The molecule has 0 aromatic carbocycles. The number of allylic oxidation sites excluding steroid dienone is 5. The van der Waals surface area contributed by atoms with Gasteiger partial charge in [-0.15, -0.1) is 0 Å². The van der Waals surface area contributed by atoms with Crippen molar-refractivity contribution in [2.24, 2.45) is 0 Å². The Morgan fingerprint density at radius 1 is 1.15 bits per heavy atom. The summed E-state index contributed by atoms with van der Waals surface area (Å²) in [5.74, 6) is -1.03. The molecule has 0 amide bonds. The van der Waals surface area contributed by atoms with Crippen molar-refractivity contribution in [3.8, 4) is 0 Å². The van der Waals surface area contributed by atoms with Crippen LogP contribution in [-0.2, 0) is 9.53 Å². The van der Waals surface area contributed by atoms with Crippen molar-refractivity contribution in [1.82, 2.24) is 5.32 Å². The lowest BCUT2D eigenvalue weighted by Crippen LogP contribution is -2.34. The molecular weight excluding hydrogens is 254 g/mol. The van der Waals surface area contributed by atoms with Crippen molar-refractivity contribution < 1.29 is 14.6 Å². The van der Waals surface area contributed by atoms with Crippen molar-refractivity contribution in [1.29, 1.82) is 0 Å². The SMILES string of the molecule is CCCCC/C=C\C/C=C\C/C=C\OC(NC)C(=O)O. The number of aliphatic carboxylic acids is 1. The number of unbranched alkanes of at least 4 members (excludes halogenated alkanes) is 3. The van der Waals surface area contributed by atoms with Crippen LogP contribution in [0, 0.1) is 0 Å². The molecule has 0 spiro atoms. The molecule has 0 fully saturated rings. The molecular formula is C16H27NO3. The van der Waals surface area contributed by atoms with Gasteiger partial charge >= 0.3 is 5.97 Å². The molecule has 0 aromatic heterocycles. The lowest BCUT2D eigenvalue weighted by molar-refractivity contribution is -0.148. The minimum atomic E-state index is -1.03. The second kappa shape index (κ2) is 13.9. The van der Waals surface area contributed by atoms with E-state index < -0.39 is 12.2 Å². The zero-order chi connectivity index (χ0) is 15.1. The first-order valence-electron chi connectivity index (χ1n) is 7.22. The van der Waals surface area contributed by atoms with Crippen LogP contribution in [0.1, 0.15) is 45.4 Å². The first kappa shape index (κ1) is 18.4. The summed E-state index contributed by atoms with van der Waals surface area (Å²) >= 11 is 0. The Balaban J connectivity index is 3.58. The molecule has 0 aliphatic rings. The van der Waals surface area contributed by atoms with E-state index in [9.17, 15) is 4.79 Å². The van der Waals surface area contributed by atoms with Crippen LogP contribution in [0.3, 0.4) is 0 Å². The molecule has 0 aromatic rings. The second-order valence-corrected chi connectivity index (χ2v) is 4.42. The molecule has 1 atom stereocenters. The predicted octanol–water partition coefficient (Wildman–Crippen LogP) is 3.62. The van der Waals surface area contributed by atoms with Crippen molar-refractivity contribution in [2.75, 3.05) is 7.05 Å². The van der Waals surface area contributed by atoms with Gasteiger partial charge in [-0.3, -0.25) is 5.32 Å². The number of carbonyl (C=O) groups is 1. The number of nitrogens with one attached hydrogen (secondary N) is 1. The Bertz CT molecular complexity index is 322. The Morgan fingerprint density at radius 2 is 1.80 bits per heavy atom. The largest absolute Gasteiger partial charge is 0.477 e. The Hall–Kier alpha value is -1.55. The Labute approximate surface area is 122 Å². The van der Waals surface area contributed by atoms with E-state index in [4.69, 9.17) is 9.84 Å². The fraction of sp³-hybridized carbons (Fsp3) is 0.562. The molecule has 0 aliphatic heterocycles. The monoisotopic (exact) mass is 281 g/mol. The Kier molecular flexibility index (Phi) is 12.8. The number of hydrogen-bond acceptors (Lipinski definition) is 3. The van der Waals surface area contributed by atoms with Crippen LogP contribution >= 0.6 is 0 Å². The van der Waals surface area contributed by atoms with E-state index in [0.717, 1.165) is 19.3 Å². The average Bonchev–Trinajstić information content (AvgIpc) is 2.43. The zero-order valence-corrected chi connectivity index (χ0v) is 12.5. The average molecular weight is 281 g/mol. The van der Waals surface area contributed by atoms with Crippen LogP contribution in [0.2, 0.25) is 0 Å². The fourth-order valence-electron chi connectivity index (χ4n) is 1.52. The topological polar surface area (TPSA) is 58.6 Å². The van der Waals surface area contributed by atoms with Gasteiger partial charge in [0.1, 0.15) is 0 Å². The molecule has 114 valence electrons. The molecule has 0 bridgehead atoms. The summed E-state index contributed by atoms with van der Waals surface area (Å²) in [4.78, 5) is 10.6. The molecule has 0 aliphatic carbocycles. The molecule has 4 nitrogen and oxygen atoms in total. The van der Waals surface area contributed by atoms with E-state index in [1.165, 1.54) is 25.5 Å². The minimum absolute atomic E-state index is 0.736. The highest BCUT2D eigenvalue weighted by atomic mass is 16.5. The van der Waals surface area contributed by atoms with E-state index in [1.54, 1.807) is 13.1 Å². The van der Waals surface area contributed by atoms with Crippen LogP contribution in [0.25, 0.3) is 0 Å². The van der Waals surface area contributed by atoms with Gasteiger partial charge in [0.15, 0.2) is 0 Å². The van der Waals surface area contributed by atoms with Gasteiger partial charge in [-0.1, -0.05) is 44.1 Å². The highest BCUT2D eigenvalue weighted by molar-refractivity contribution is 5.71. The van der Waals surface area contributed by atoms with Gasteiger partial charge < -0.3 is 9.84 Å². The van der Waals surface area contributed by atoms with Crippen LogP contribution < -0.4 is 5.32 Å². The van der Waals surface area contributed by atoms with Crippen molar-refractivity contribution in [2.45, 2.75) is 51.7 Å². The maximum Gasteiger partial charge on any atom is 0.360 e. The smallest absolute Gasteiger partial charge is 0.360 e. The first-order chi connectivity index (χ1) is 9.72. The standard InChI is InChI=1S/C16H27NO3/c1-3-4-5-6-7-8-9-10-11-12-13-14-20-15(17-2)16(18)19/h7-8,10-11,13-15,17H,3-6,9,12H2,1-2H3,(H,18,19)/b8-7-,11-10-,14-13-. The van der Waals surface area contributed by atoms with Crippen molar-refractivity contribution in [3.05, 3.63) is 36.6 Å². The van der Waals surface area contributed by atoms with Gasteiger partial charge in [0.2, 0.25) is 6.23 Å². The van der Waals surface area contributed by atoms with Gasteiger partial charge in [0, 0.05) is 0 Å². The van der Waals surface area contributed by atoms with E-state index in [1.807, 2.05) is 6.08 Å². The van der Waals surface area contributed by atoms with Gasteiger partial charge in [-0.2, -0.15) is 0 Å². The van der Waals surface area contributed by atoms with Crippen molar-refractivity contribution >= 4 is 5.97 Å².